The molecule has 3 rings (SSSR count). The standard InChI is InChI=1S/C24H34N2O5/c1-30-24(29)20-16-31-23(26-20)22(28)19(14-12-17-8-4-2-5-9-17)25-21(27)15-13-18-10-6-3-7-11-18/h2,4-5,8-9,18-20,22,28H,3,6-7,10-16H2,1H3,(H,25,27)/t19-,20+,22?/m0/s1. The molecule has 1 unspecified atom stereocenters. The second-order valence-corrected chi connectivity index (χ2v) is 8.50. The molecule has 7 nitrogen and oxygen atoms in total. The number of carbonyl (C=O) groups excluding carboxylic acids is 2. The van der Waals surface area contributed by atoms with E-state index in [4.69, 9.17) is 9.47 Å². The van der Waals surface area contributed by atoms with Gasteiger partial charge in [0.05, 0.1) is 13.2 Å². The Morgan fingerprint density at radius 2 is 1.97 bits per heavy atom. The van der Waals surface area contributed by atoms with Crippen molar-refractivity contribution in [2.24, 2.45) is 10.9 Å². The molecule has 31 heavy (non-hydrogen) atoms. The molecule has 0 radical (unpaired) electrons. The molecule has 170 valence electrons. The minimum absolute atomic E-state index is 0.0418. The number of benzene rings is 1. The smallest absolute Gasteiger partial charge is 0.334 e. The van der Waals surface area contributed by atoms with Crippen LogP contribution in [0, 0.1) is 5.92 Å². The first-order valence-corrected chi connectivity index (χ1v) is 11.4. The Bertz CT molecular complexity index is 746. The quantitative estimate of drug-likeness (QED) is 0.557. The first-order chi connectivity index (χ1) is 15.1. The average Bonchev–Trinajstić information content (AvgIpc) is 3.31. The summed E-state index contributed by atoms with van der Waals surface area (Å²) in [6.07, 6.45) is 7.66. The van der Waals surface area contributed by atoms with Crippen molar-refractivity contribution >= 4 is 17.8 Å². The summed E-state index contributed by atoms with van der Waals surface area (Å²) in [5.41, 5.74) is 1.12. The largest absolute Gasteiger partial charge is 0.476 e. The number of aryl methyl sites for hydroxylation is 1. The monoisotopic (exact) mass is 430 g/mol. The number of aliphatic imine (C=N–C) groups is 1. The number of rotatable bonds is 10. The van der Waals surface area contributed by atoms with Gasteiger partial charge >= 0.3 is 5.97 Å². The van der Waals surface area contributed by atoms with Crippen molar-refractivity contribution < 1.29 is 24.2 Å². The zero-order valence-electron chi connectivity index (χ0n) is 18.3. The lowest BCUT2D eigenvalue weighted by Gasteiger charge is -2.25. The van der Waals surface area contributed by atoms with E-state index >= 15 is 0 Å². The molecule has 1 fully saturated rings. The highest BCUT2D eigenvalue weighted by atomic mass is 16.5. The zero-order valence-corrected chi connectivity index (χ0v) is 18.3. The normalized spacial score (nSPS) is 21.0. The van der Waals surface area contributed by atoms with E-state index in [0.29, 0.717) is 25.2 Å². The average molecular weight is 431 g/mol. The predicted octanol–water partition coefficient (Wildman–Crippen LogP) is 2.80. The number of nitrogens with zero attached hydrogens (tertiary/aromatic N) is 1. The van der Waals surface area contributed by atoms with Crippen molar-refractivity contribution in [3.8, 4) is 0 Å². The van der Waals surface area contributed by atoms with Gasteiger partial charge in [0.15, 0.2) is 6.04 Å². The summed E-state index contributed by atoms with van der Waals surface area (Å²) in [5.74, 6) is 0.141. The van der Waals surface area contributed by atoms with E-state index in [1.807, 2.05) is 30.3 Å². The van der Waals surface area contributed by atoms with Gasteiger partial charge in [0.25, 0.3) is 0 Å². The van der Waals surface area contributed by atoms with Gasteiger partial charge in [-0.05, 0) is 30.7 Å². The van der Waals surface area contributed by atoms with Crippen molar-refractivity contribution in [3.05, 3.63) is 35.9 Å². The third-order valence-electron chi connectivity index (χ3n) is 6.22. The molecule has 1 saturated carbocycles. The SMILES string of the molecule is COC(=O)[C@H]1COC(C(O)[C@H](CCc2ccccc2)NC(=O)CCC2CCCCC2)=N1. The molecule has 1 aliphatic carbocycles. The summed E-state index contributed by atoms with van der Waals surface area (Å²) in [7, 11) is 1.29. The number of aliphatic hydroxyl groups is 1. The zero-order chi connectivity index (χ0) is 22.1. The molecule has 1 amide bonds. The Kier molecular flexibility index (Phi) is 8.88. The van der Waals surface area contributed by atoms with Gasteiger partial charge in [-0.2, -0.15) is 0 Å². The van der Waals surface area contributed by atoms with Gasteiger partial charge in [0.2, 0.25) is 11.8 Å². The van der Waals surface area contributed by atoms with Crippen LogP contribution in [-0.2, 0) is 25.5 Å². The number of aliphatic hydroxyl groups excluding tert-OH is 1. The molecule has 0 spiro atoms. The lowest BCUT2D eigenvalue weighted by atomic mass is 9.86. The summed E-state index contributed by atoms with van der Waals surface area (Å²) in [5, 5.41) is 13.9. The number of ether oxygens (including phenoxy) is 2. The minimum Gasteiger partial charge on any atom is -0.476 e. The van der Waals surface area contributed by atoms with Gasteiger partial charge in [0.1, 0.15) is 12.7 Å². The van der Waals surface area contributed by atoms with Crippen molar-refractivity contribution in [3.63, 3.8) is 0 Å². The van der Waals surface area contributed by atoms with Gasteiger partial charge in [-0.25, -0.2) is 9.79 Å². The maximum absolute atomic E-state index is 12.7. The highest BCUT2D eigenvalue weighted by Crippen LogP contribution is 2.27. The van der Waals surface area contributed by atoms with E-state index < -0.39 is 24.2 Å². The first kappa shape index (κ1) is 23.3. The van der Waals surface area contributed by atoms with Crippen molar-refractivity contribution in [2.75, 3.05) is 13.7 Å². The molecule has 0 aromatic heterocycles. The second kappa shape index (κ2) is 11.8. The molecule has 1 aromatic carbocycles. The molecule has 1 heterocycles. The van der Waals surface area contributed by atoms with Crippen LogP contribution in [0.4, 0.5) is 0 Å². The van der Waals surface area contributed by atoms with E-state index in [2.05, 4.69) is 10.3 Å². The maximum Gasteiger partial charge on any atom is 0.334 e. The van der Waals surface area contributed by atoms with Crippen LogP contribution in [-0.4, -0.2) is 54.8 Å². The summed E-state index contributed by atoms with van der Waals surface area (Å²) in [4.78, 5) is 28.6. The van der Waals surface area contributed by atoms with Crippen LogP contribution in [0.2, 0.25) is 0 Å². The lowest BCUT2D eigenvalue weighted by molar-refractivity contribution is -0.142. The van der Waals surface area contributed by atoms with Crippen LogP contribution < -0.4 is 5.32 Å². The highest BCUT2D eigenvalue weighted by molar-refractivity contribution is 5.89. The molecular formula is C24H34N2O5. The van der Waals surface area contributed by atoms with Crippen molar-refractivity contribution in [2.45, 2.75) is 76.0 Å². The van der Waals surface area contributed by atoms with Gasteiger partial charge in [0, 0.05) is 6.42 Å². The molecule has 2 N–H and O–H groups in total. The van der Waals surface area contributed by atoms with E-state index in [9.17, 15) is 14.7 Å². The predicted molar refractivity (Wildman–Crippen MR) is 118 cm³/mol. The Morgan fingerprint density at radius 1 is 1.23 bits per heavy atom. The Balaban J connectivity index is 1.60. The fraction of sp³-hybridized carbons (Fsp3) is 0.625. The summed E-state index contributed by atoms with van der Waals surface area (Å²) < 4.78 is 10.2. The number of hydrogen-bond donors (Lipinski definition) is 2. The van der Waals surface area contributed by atoms with Crippen LogP contribution in [0.5, 0.6) is 0 Å². The van der Waals surface area contributed by atoms with Crippen LogP contribution >= 0.6 is 0 Å². The third-order valence-corrected chi connectivity index (χ3v) is 6.22. The van der Waals surface area contributed by atoms with Crippen LogP contribution in [0.1, 0.15) is 56.9 Å². The molecule has 0 saturated heterocycles. The van der Waals surface area contributed by atoms with E-state index in [-0.39, 0.29) is 18.4 Å². The number of methoxy groups -OCH3 is 1. The van der Waals surface area contributed by atoms with E-state index in [0.717, 1.165) is 12.0 Å². The molecule has 1 aromatic rings. The lowest BCUT2D eigenvalue weighted by Crippen LogP contribution is -2.47. The first-order valence-electron chi connectivity index (χ1n) is 11.4. The number of nitrogens with one attached hydrogen (secondary N) is 1. The Labute approximate surface area is 184 Å². The molecule has 1 aliphatic heterocycles. The minimum atomic E-state index is -1.11. The van der Waals surface area contributed by atoms with Gasteiger partial charge in [-0.15, -0.1) is 0 Å². The van der Waals surface area contributed by atoms with Crippen LogP contribution in [0.3, 0.4) is 0 Å². The third kappa shape index (κ3) is 7.06. The van der Waals surface area contributed by atoms with Gasteiger partial charge < -0.3 is 19.9 Å². The van der Waals surface area contributed by atoms with Gasteiger partial charge in [-0.1, -0.05) is 62.4 Å². The summed E-state index contributed by atoms with van der Waals surface area (Å²) in [6, 6.07) is 8.61. The molecule has 0 bridgehead atoms. The topological polar surface area (TPSA) is 97.2 Å². The number of esters is 1. The summed E-state index contributed by atoms with van der Waals surface area (Å²) in [6.45, 7) is 0.0418. The molecule has 3 atom stereocenters. The van der Waals surface area contributed by atoms with Crippen LogP contribution in [0.25, 0.3) is 0 Å². The van der Waals surface area contributed by atoms with Crippen molar-refractivity contribution in [1.82, 2.24) is 5.32 Å². The fourth-order valence-corrected chi connectivity index (χ4v) is 4.35. The Hall–Kier alpha value is -2.41. The van der Waals surface area contributed by atoms with Gasteiger partial charge in [-0.3, -0.25) is 4.79 Å². The maximum atomic E-state index is 12.7. The van der Waals surface area contributed by atoms with E-state index in [1.54, 1.807) is 0 Å². The number of amides is 1. The second-order valence-electron chi connectivity index (χ2n) is 8.50. The highest BCUT2D eigenvalue weighted by Gasteiger charge is 2.34. The summed E-state index contributed by atoms with van der Waals surface area (Å²) >= 11 is 0. The van der Waals surface area contributed by atoms with Crippen molar-refractivity contribution in [1.29, 1.82) is 0 Å². The van der Waals surface area contributed by atoms with Crippen LogP contribution in [0.15, 0.2) is 35.3 Å². The van der Waals surface area contributed by atoms with E-state index in [1.165, 1.54) is 39.2 Å². The fourth-order valence-electron chi connectivity index (χ4n) is 4.35. The number of hydrogen-bond acceptors (Lipinski definition) is 6. The molecular weight excluding hydrogens is 396 g/mol. The molecule has 2 aliphatic rings. The Morgan fingerprint density at radius 3 is 2.68 bits per heavy atom. The molecule has 7 heteroatoms. The number of carbonyl (C=O) groups is 2.